The Morgan fingerprint density at radius 2 is 1.91 bits per heavy atom. The zero-order chi connectivity index (χ0) is 15.3. The zero-order valence-corrected chi connectivity index (χ0v) is 14.4. The van der Waals surface area contributed by atoms with Crippen LogP contribution < -0.4 is 5.32 Å². The minimum atomic E-state index is -4.18. The number of morpholine rings is 1. The van der Waals surface area contributed by atoms with Gasteiger partial charge in [0.15, 0.2) is 0 Å². The van der Waals surface area contributed by atoms with E-state index in [-0.39, 0.29) is 43.3 Å². The Hall–Kier alpha value is -0.280. The SMILES string of the molecule is Cl.Cl.O=C(CC1COCCN1)N1CCCN(CC(F)(F)F)CC1. The van der Waals surface area contributed by atoms with Gasteiger partial charge < -0.3 is 15.0 Å². The number of ether oxygens (including phenoxy) is 1. The summed E-state index contributed by atoms with van der Waals surface area (Å²) in [6.45, 7) is 2.56. The highest BCUT2D eigenvalue weighted by molar-refractivity contribution is 5.85. The molecule has 0 radical (unpaired) electrons. The maximum Gasteiger partial charge on any atom is 0.401 e. The van der Waals surface area contributed by atoms with E-state index in [0.29, 0.717) is 45.7 Å². The Bertz CT molecular complexity index is 356. The molecule has 2 saturated heterocycles. The summed E-state index contributed by atoms with van der Waals surface area (Å²) in [5.41, 5.74) is 0. The van der Waals surface area contributed by atoms with Gasteiger partial charge in [-0.25, -0.2) is 0 Å². The van der Waals surface area contributed by atoms with E-state index in [9.17, 15) is 18.0 Å². The predicted molar refractivity (Wildman–Crippen MR) is 85.4 cm³/mol. The van der Waals surface area contributed by atoms with E-state index in [2.05, 4.69) is 5.32 Å². The molecule has 0 aromatic heterocycles. The molecule has 2 heterocycles. The van der Waals surface area contributed by atoms with Gasteiger partial charge in [0.1, 0.15) is 0 Å². The van der Waals surface area contributed by atoms with Crippen molar-refractivity contribution in [2.75, 3.05) is 52.5 Å². The lowest BCUT2D eigenvalue weighted by atomic mass is 10.1. The molecule has 10 heteroatoms. The van der Waals surface area contributed by atoms with Crippen molar-refractivity contribution in [3.63, 3.8) is 0 Å². The normalized spacial score (nSPS) is 23.4. The molecule has 0 bridgehead atoms. The molecule has 0 aromatic rings. The first-order valence-electron chi connectivity index (χ1n) is 7.32. The lowest BCUT2D eigenvalue weighted by Gasteiger charge is -2.27. The molecule has 138 valence electrons. The van der Waals surface area contributed by atoms with Crippen molar-refractivity contribution in [2.45, 2.75) is 25.1 Å². The summed E-state index contributed by atoms with van der Waals surface area (Å²) >= 11 is 0. The summed E-state index contributed by atoms with van der Waals surface area (Å²) in [7, 11) is 0. The molecule has 2 aliphatic heterocycles. The fourth-order valence-corrected chi connectivity index (χ4v) is 2.72. The second kappa shape index (κ2) is 10.6. The molecular formula is C13H24Cl2F3N3O2. The van der Waals surface area contributed by atoms with Crippen LogP contribution in [0.3, 0.4) is 0 Å². The molecule has 1 atom stereocenters. The van der Waals surface area contributed by atoms with E-state index < -0.39 is 12.7 Å². The molecule has 0 aliphatic carbocycles. The summed E-state index contributed by atoms with van der Waals surface area (Å²) in [6, 6.07) is 0.0146. The van der Waals surface area contributed by atoms with Crippen molar-refractivity contribution in [3.05, 3.63) is 0 Å². The van der Waals surface area contributed by atoms with Gasteiger partial charge in [0.25, 0.3) is 0 Å². The van der Waals surface area contributed by atoms with Crippen molar-refractivity contribution in [1.82, 2.24) is 15.1 Å². The van der Waals surface area contributed by atoms with Gasteiger partial charge in [-0.15, -0.1) is 24.8 Å². The quantitative estimate of drug-likeness (QED) is 0.800. The van der Waals surface area contributed by atoms with Crippen molar-refractivity contribution in [2.24, 2.45) is 0 Å². The summed E-state index contributed by atoms with van der Waals surface area (Å²) in [4.78, 5) is 15.2. The lowest BCUT2D eigenvalue weighted by molar-refractivity contribution is -0.145. The number of nitrogens with one attached hydrogen (secondary N) is 1. The Morgan fingerprint density at radius 3 is 2.52 bits per heavy atom. The number of alkyl halides is 3. The third kappa shape index (κ3) is 8.39. The first-order chi connectivity index (χ1) is 9.94. The Morgan fingerprint density at radius 1 is 1.17 bits per heavy atom. The second-order valence-electron chi connectivity index (χ2n) is 5.56. The summed E-state index contributed by atoms with van der Waals surface area (Å²) < 4.78 is 42.5. The number of amides is 1. The Kier molecular flexibility index (Phi) is 10.4. The number of rotatable bonds is 3. The molecular weight excluding hydrogens is 358 g/mol. The van der Waals surface area contributed by atoms with Gasteiger partial charge >= 0.3 is 6.18 Å². The standard InChI is InChI=1S/C13H22F3N3O2.2ClH/c14-13(15,16)10-18-3-1-4-19(6-5-18)12(20)8-11-9-21-7-2-17-11;;/h11,17H,1-10H2;2*1H. The van der Waals surface area contributed by atoms with Crippen LogP contribution in [0.2, 0.25) is 0 Å². The van der Waals surface area contributed by atoms with Crippen LogP contribution in [0.15, 0.2) is 0 Å². The first kappa shape index (κ1) is 22.7. The number of carbonyl (C=O) groups excluding carboxylic acids is 1. The van der Waals surface area contributed by atoms with Crippen LogP contribution in [0.1, 0.15) is 12.8 Å². The number of hydrogen-bond acceptors (Lipinski definition) is 4. The Balaban J connectivity index is 0.00000242. The molecule has 0 saturated carbocycles. The number of halogens is 5. The van der Waals surface area contributed by atoms with E-state index in [1.165, 1.54) is 4.90 Å². The molecule has 1 N–H and O–H groups in total. The van der Waals surface area contributed by atoms with Gasteiger partial charge in [-0.1, -0.05) is 0 Å². The van der Waals surface area contributed by atoms with Gasteiger partial charge in [0.05, 0.1) is 19.8 Å². The fraction of sp³-hybridized carbons (Fsp3) is 0.923. The maximum absolute atomic E-state index is 12.4. The van der Waals surface area contributed by atoms with E-state index in [4.69, 9.17) is 4.74 Å². The average molecular weight is 382 g/mol. The average Bonchev–Trinajstić information content (AvgIpc) is 2.63. The highest BCUT2D eigenvalue weighted by atomic mass is 35.5. The highest BCUT2D eigenvalue weighted by Gasteiger charge is 2.32. The van der Waals surface area contributed by atoms with Crippen LogP contribution in [0.5, 0.6) is 0 Å². The van der Waals surface area contributed by atoms with Gasteiger partial charge in [0.2, 0.25) is 5.91 Å². The summed E-state index contributed by atoms with van der Waals surface area (Å²) in [6.07, 6.45) is -3.25. The topological polar surface area (TPSA) is 44.8 Å². The molecule has 23 heavy (non-hydrogen) atoms. The lowest BCUT2D eigenvalue weighted by Crippen LogP contribution is -2.45. The van der Waals surface area contributed by atoms with Crippen LogP contribution in [0.25, 0.3) is 0 Å². The Labute approximate surface area is 146 Å². The van der Waals surface area contributed by atoms with E-state index in [1.54, 1.807) is 4.90 Å². The maximum atomic E-state index is 12.4. The van der Waals surface area contributed by atoms with Crippen LogP contribution in [0.4, 0.5) is 13.2 Å². The summed E-state index contributed by atoms with van der Waals surface area (Å²) in [5, 5.41) is 3.21. The highest BCUT2D eigenvalue weighted by Crippen LogP contribution is 2.18. The van der Waals surface area contributed by atoms with E-state index >= 15 is 0 Å². The van der Waals surface area contributed by atoms with Crippen molar-refractivity contribution >= 4 is 30.7 Å². The molecule has 2 aliphatic rings. The van der Waals surface area contributed by atoms with Gasteiger partial charge in [-0.05, 0) is 6.42 Å². The number of nitrogens with zero attached hydrogens (tertiary/aromatic N) is 2. The molecule has 2 rings (SSSR count). The minimum absolute atomic E-state index is 0. The summed E-state index contributed by atoms with van der Waals surface area (Å²) in [5.74, 6) is -0.00754. The van der Waals surface area contributed by atoms with Gasteiger partial charge in [0, 0.05) is 45.2 Å². The molecule has 1 amide bonds. The minimum Gasteiger partial charge on any atom is -0.378 e. The number of carbonyl (C=O) groups is 1. The first-order valence-corrected chi connectivity index (χ1v) is 7.32. The number of hydrogen-bond donors (Lipinski definition) is 1. The van der Waals surface area contributed by atoms with Crippen LogP contribution in [-0.2, 0) is 9.53 Å². The van der Waals surface area contributed by atoms with Crippen molar-refractivity contribution in [1.29, 1.82) is 0 Å². The van der Waals surface area contributed by atoms with Crippen LogP contribution >= 0.6 is 24.8 Å². The monoisotopic (exact) mass is 381 g/mol. The third-order valence-corrected chi connectivity index (χ3v) is 3.76. The van der Waals surface area contributed by atoms with Crippen LogP contribution in [0, 0.1) is 0 Å². The predicted octanol–water partition coefficient (Wildman–Crippen LogP) is 1.31. The smallest absolute Gasteiger partial charge is 0.378 e. The largest absolute Gasteiger partial charge is 0.401 e. The molecule has 0 aromatic carbocycles. The molecule has 5 nitrogen and oxygen atoms in total. The fourth-order valence-electron chi connectivity index (χ4n) is 2.72. The third-order valence-electron chi connectivity index (χ3n) is 3.76. The second-order valence-corrected chi connectivity index (χ2v) is 5.56. The molecule has 2 fully saturated rings. The van der Waals surface area contributed by atoms with Crippen molar-refractivity contribution in [3.8, 4) is 0 Å². The van der Waals surface area contributed by atoms with Gasteiger partial charge in [-0.3, -0.25) is 9.69 Å². The zero-order valence-electron chi connectivity index (χ0n) is 12.8. The van der Waals surface area contributed by atoms with Crippen molar-refractivity contribution < 1.29 is 22.7 Å². The molecule has 0 spiro atoms. The van der Waals surface area contributed by atoms with Gasteiger partial charge in [-0.2, -0.15) is 13.2 Å². The van der Waals surface area contributed by atoms with Crippen LogP contribution in [-0.4, -0.2) is 80.4 Å². The van der Waals surface area contributed by atoms with E-state index in [1.807, 2.05) is 0 Å². The van der Waals surface area contributed by atoms with E-state index in [0.717, 1.165) is 6.54 Å². The molecule has 1 unspecified atom stereocenters.